The minimum Gasteiger partial charge on any atom is -0.491 e. The van der Waals surface area contributed by atoms with Crippen molar-refractivity contribution < 1.29 is 28.5 Å². The van der Waals surface area contributed by atoms with E-state index in [1.807, 2.05) is 20.8 Å². The maximum absolute atomic E-state index is 12.2. The molecule has 0 atom stereocenters. The van der Waals surface area contributed by atoms with Crippen LogP contribution in [0.1, 0.15) is 41.5 Å². The Hall–Kier alpha value is -2.86. The first kappa shape index (κ1) is 20.5. The van der Waals surface area contributed by atoms with Gasteiger partial charge in [-0.25, -0.2) is 9.59 Å². The van der Waals surface area contributed by atoms with Crippen LogP contribution in [-0.4, -0.2) is 37.9 Å². The molecule has 2 rings (SSSR count). The maximum atomic E-state index is 12.2. The molecule has 6 heteroatoms. The highest BCUT2D eigenvalue weighted by molar-refractivity contribution is 5.92. The van der Waals surface area contributed by atoms with Gasteiger partial charge in [-0.05, 0) is 69.3 Å². The SMILES string of the molecule is CCOCCOC(=O)c1ccc(OC(=O)c2ccc(OC(C)C)cc2)cc1. The van der Waals surface area contributed by atoms with Gasteiger partial charge in [0, 0.05) is 6.61 Å². The van der Waals surface area contributed by atoms with Crippen LogP contribution in [0.4, 0.5) is 0 Å². The Labute approximate surface area is 159 Å². The van der Waals surface area contributed by atoms with Crippen molar-refractivity contribution in [3.8, 4) is 11.5 Å². The lowest BCUT2D eigenvalue weighted by Crippen LogP contribution is -2.11. The molecule has 0 heterocycles. The number of esters is 2. The lowest BCUT2D eigenvalue weighted by molar-refractivity contribution is 0.0335. The van der Waals surface area contributed by atoms with E-state index < -0.39 is 11.9 Å². The Balaban J connectivity index is 1.89. The minimum absolute atomic E-state index is 0.0622. The zero-order chi connectivity index (χ0) is 19.6. The van der Waals surface area contributed by atoms with Gasteiger partial charge in [0.25, 0.3) is 0 Å². The molecule has 0 unspecified atom stereocenters. The molecule has 0 aliphatic carbocycles. The summed E-state index contributed by atoms with van der Waals surface area (Å²) < 4.78 is 21.0. The Morgan fingerprint density at radius 3 is 1.93 bits per heavy atom. The first-order valence-corrected chi connectivity index (χ1v) is 8.83. The molecule has 0 amide bonds. The van der Waals surface area contributed by atoms with E-state index in [9.17, 15) is 9.59 Å². The Morgan fingerprint density at radius 1 is 0.815 bits per heavy atom. The molecule has 0 N–H and O–H groups in total. The van der Waals surface area contributed by atoms with E-state index in [-0.39, 0.29) is 12.7 Å². The van der Waals surface area contributed by atoms with Crippen molar-refractivity contribution in [3.05, 3.63) is 59.7 Å². The van der Waals surface area contributed by atoms with Gasteiger partial charge in [-0.2, -0.15) is 0 Å². The molecule has 144 valence electrons. The zero-order valence-corrected chi connectivity index (χ0v) is 15.8. The summed E-state index contributed by atoms with van der Waals surface area (Å²) in [5, 5.41) is 0. The smallest absolute Gasteiger partial charge is 0.343 e. The van der Waals surface area contributed by atoms with Gasteiger partial charge in [-0.1, -0.05) is 0 Å². The molecule has 0 aromatic heterocycles. The molecule has 0 radical (unpaired) electrons. The number of benzene rings is 2. The third kappa shape index (κ3) is 6.75. The fraction of sp³-hybridized carbons (Fsp3) is 0.333. The summed E-state index contributed by atoms with van der Waals surface area (Å²) in [6.07, 6.45) is 0.0622. The molecule has 0 aliphatic heterocycles. The van der Waals surface area contributed by atoms with Crippen molar-refractivity contribution in [2.45, 2.75) is 26.9 Å². The minimum atomic E-state index is -0.488. The van der Waals surface area contributed by atoms with E-state index in [0.29, 0.717) is 35.8 Å². The van der Waals surface area contributed by atoms with Gasteiger partial charge in [0.15, 0.2) is 0 Å². The molecule has 0 aliphatic rings. The maximum Gasteiger partial charge on any atom is 0.343 e. The summed E-state index contributed by atoms with van der Waals surface area (Å²) in [5.41, 5.74) is 0.784. The Morgan fingerprint density at radius 2 is 1.37 bits per heavy atom. The molecule has 0 fully saturated rings. The predicted octanol–water partition coefficient (Wildman–Crippen LogP) is 3.89. The lowest BCUT2D eigenvalue weighted by atomic mass is 10.2. The highest BCUT2D eigenvalue weighted by Gasteiger charge is 2.11. The fourth-order valence-electron chi connectivity index (χ4n) is 2.19. The average Bonchev–Trinajstić information content (AvgIpc) is 2.65. The first-order chi connectivity index (χ1) is 13.0. The van der Waals surface area contributed by atoms with Gasteiger partial charge in [0.1, 0.15) is 18.1 Å². The second-order valence-corrected chi connectivity index (χ2v) is 5.94. The monoisotopic (exact) mass is 372 g/mol. The van der Waals surface area contributed by atoms with Crippen LogP contribution in [0.15, 0.2) is 48.5 Å². The number of carbonyl (C=O) groups is 2. The quantitative estimate of drug-likeness (QED) is 0.378. The van der Waals surface area contributed by atoms with Gasteiger partial charge >= 0.3 is 11.9 Å². The van der Waals surface area contributed by atoms with Crippen molar-refractivity contribution in [1.82, 2.24) is 0 Å². The molecule has 0 bridgehead atoms. The second kappa shape index (κ2) is 10.3. The van der Waals surface area contributed by atoms with Crippen molar-refractivity contribution >= 4 is 11.9 Å². The fourth-order valence-corrected chi connectivity index (χ4v) is 2.19. The van der Waals surface area contributed by atoms with Gasteiger partial charge < -0.3 is 18.9 Å². The van der Waals surface area contributed by atoms with Gasteiger partial charge in [-0.15, -0.1) is 0 Å². The summed E-state index contributed by atoms with van der Waals surface area (Å²) in [4.78, 5) is 24.1. The molecule has 2 aromatic carbocycles. The van der Waals surface area contributed by atoms with Crippen molar-refractivity contribution in [2.24, 2.45) is 0 Å². The van der Waals surface area contributed by atoms with Crippen LogP contribution in [0, 0.1) is 0 Å². The van der Waals surface area contributed by atoms with Crippen LogP contribution in [0.3, 0.4) is 0 Å². The predicted molar refractivity (Wildman–Crippen MR) is 100 cm³/mol. The third-order valence-corrected chi connectivity index (χ3v) is 3.43. The highest BCUT2D eigenvalue weighted by Crippen LogP contribution is 2.17. The van der Waals surface area contributed by atoms with E-state index in [2.05, 4.69) is 0 Å². The van der Waals surface area contributed by atoms with E-state index in [1.165, 1.54) is 0 Å². The molecular weight excluding hydrogens is 348 g/mol. The van der Waals surface area contributed by atoms with E-state index in [1.54, 1.807) is 48.5 Å². The number of ether oxygens (including phenoxy) is 4. The number of carbonyl (C=O) groups excluding carboxylic acids is 2. The number of hydrogen-bond donors (Lipinski definition) is 0. The van der Waals surface area contributed by atoms with Crippen LogP contribution < -0.4 is 9.47 Å². The summed E-state index contributed by atoms with van der Waals surface area (Å²) in [7, 11) is 0. The summed E-state index contributed by atoms with van der Waals surface area (Å²) in [6, 6.07) is 12.9. The summed E-state index contributed by atoms with van der Waals surface area (Å²) >= 11 is 0. The second-order valence-electron chi connectivity index (χ2n) is 5.94. The average molecular weight is 372 g/mol. The zero-order valence-electron chi connectivity index (χ0n) is 15.8. The summed E-state index contributed by atoms with van der Waals surface area (Å²) in [6.45, 7) is 6.86. The Kier molecular flexibility index (Phi) is 7.82. The molecule has 0 saturated heterocycles. The van der Waals surface area contributed by atoms with Crippen molar-refractivity contribution in [3.63, 3.8) is 0 Å². The summed E-state index contributed by atoms with van der Waals surface area (Å²) in [5.74, 6) is 0.0913. The van der Waals surface area contributed by atoms with Crippen LogP contribution >= 0.6 is 0 Å². The normalized spacial score (nSPS) is 10.5. The molecule has 0 saturated carbocycles. The van der Waals surface area contributed by atoms with E-state index in [4.69, 9.17) is 18.9 Å². The van der Waals surface area contributed by atoms with Crippen molar-refractivity contribution in [2.75, 3.05) is 19.8 Å². The van der Waals surface area contributed by atoms with Gasteiger partial charge in [0.2, 0.25) is 0 Å². The lowest BCUT2D eigenvalue weighted by Gasteiger charge is -2.10. The van der Waals surface area contributed by atoms with Gasteiger partial charge in [0.05, 0.1) is 23.8 Å². The standard InChI is InChI=1S/C21H24O6/c1-4-24-13-14-25-20(22)16-5-11-19(12-6-16)27-21(23)17-7-9-18(10-8-17)26-15(2)3/h5-12,15H,4,13-14H2,1-3H3. The largest absolute Gasteiger partial charge is 0.491 e. The van der Waals surface area contributed by atoms with Crippen LogP contribution in [-0.2, 0) is 9.47 Å². The molecular formula is C21H24O6. The van der Waals surface area contributed by atoms with Crippen LogP contribution in [0.25, 0.3) is 0 Å². The molecule has 2 aromatic rings. The third-order valence-electron chi connectivity index (χ3n) is 3.43. The first-order valence-electron chi connectivity index (χ1n) is 8.83. The Bertz CT molecular complexity index is 734. The molecule has 27 heavy (non-hydrogen) atoms. The number of rotatable bonds is 9. The highest BCUT2D eigenvalue weighted by atomic mass is 16.6. The molecule has 6 nitrogen and oxygen atoms in total. The van der Waals surface area contributed by atoms with Gasteiger partial charge in [-0.3, -0.25) is 0 Å². The van der Waals surface area contributed by atoms with Crippen LogP contribution in [0.5, 0.6) is 11.5 Å². The molecule has 0 spiro atoms. The number of hydrogen-bond acceptors (Lipinski definition) is 6. The van der Waals surface area contributed by atoms with E-state index in [0.717, 1.165) is 0 Å². The topological polar surface area (TPSA) is 71.1 Å². The van der Waals surface area contributed by atoms with E-state index >= 15 is 0 Å². The van der Waals surface area contributed by atoms with Crippen molar-refractivity contribution in [1.29, 1.82) is 0 Å². The van der Waals surface area contributed by atoms with Crippen LogP contribution in [0.2, 0.25) is 0 Å².